The number of amides is 1. The molecule has 0 aromatic heterocycles. The smallest absolute Gasteiger partial charge is 0.416 e. The first-order valence-electron chi connectivity index (χ1n) is 10.4. The van der Waals surface area contributed by atoms with E-state index in [1.807, 2.05) is 12.1 Å². The summed E-state index contributed by atoms with van der Waals surface area (Å²) in [6.07, 6.45) is -2.55. The van der Waals surface area contributed by atoms with Crippen LogP contribution in [0.3, 0.4) is 0 Å². The third-order valence-electron chi connectivity index (χ3n) is 4.73. The predicted molar refractivity (Wildman–Crippen MR) is 132 cm³/mol. The molecule has 190 valence electrons. The SMILES string of the molecule is CS(=O)(=O)N(CC(=O)N/N=C\c1ccc(OCc2cccc(Cl)c2)cc1)c1cccc(C(F)(F)F)c1. The summed E-state index contributed by atoms with van der Waals surface area (Å²) in [5.74, 6) is -0.239. The van der Waals surface area contributed by atoms with Crippen LogP contribution in [0.15, 0.2) is 77.9 Å². The molecule has 0 spiro atoms. The number of hydrazone groups is 1. The number of sulfonamides is 1. The highest BCUT2D eigenvalue weighted by Crippen LogP contribution is 2.32. The molecule has 3 aromatic rings. The number of nitrogens with one attached hydrogen (secondary N) is 1. The highest BCUT2D eigenvalue weighted by Gasteiger charge is 2.32. The van der Waals surface area contributed by atoms with E-state index in [-0.39, 0.29) is 5.69 Å². The van der Waals surface area contributed by atoms with Gasteiger partial charge in [-0.05, 0) is 65.7 Å². The Morgan fingerprint density at radius 1 is 1.08 bits per heavy atom. The zero-order chi connectivity index (χ0) is 26.3. The quantitative estimate of drug-likeness (QED) is 0.311. The maximum Gasteiger partial charge on any atom is 0.416 e. The fourth-order valence-corrected chi connectivity index (χ4v) is 4.09. The number of nitrogens with zero attached hydrogens (tertiary/aromatic N) is 2. The van der Waals surface area contributed by atoms with Gasteiger partial charge in [0.1, 0.15) is 18.9 Å². The largest absolute Gasteiger partial charge is 0.489 e. The van der Waals surface area contributed by atoms with Crippen LogP contribution in [0.2, 0.25) is 5.02 Å². The lowest BCUT2D eigenvalue weighted by Gasteiger charge is -2.22. The average Bonchev–Trinajstić information content (AvgIpc) is 2.81. The zero-order valence-electron chi connectivity index (χ0n) is 18.9. The number of benzene rings is 3. The summed E-state index contributed by atoms with van der Waals surface area (Å²) in [5.41, 5.74) is 2.37. The molecular weight excluding hydrogens is 519 g/mol. The third kappa shape index (κ3) is 7.99. The molecule has 36 heavy (non-hydrogen) atoms. The Morgan fingerprint density at radius 2 is 1.78 bits per heavy atom. The van der Waals surface area contributed by atoms with Crippen molar-refractivity contribution in [2.45, 2.75) is 12.8 Å². The Kier molecular flexibility index (Phi) is 8.59. The number of halogens is 4. The molecule has 3 rings (SSSR count). The summed E-state index contributed by atoms with van der Waals surface area (Å²) in [6, 6.07) is 17.7. The number of ether oxygens (including phenoxy) is 1. The summed E-state index contributed by atoms with van der Waals surface area (Å²) in [6.45, 7) is -0.430. The molecule has 0 unspecified atom stereocenters. The van der Waals surface area contributed by atoms with Crippen molar-refractivity contribution >= 4 is 39.4 Å². The molecule has 0 radical (unpaired) electrons. The number of rotatable bonds is 9. The second-order valence-electron chi connectivity index (χ2n) is 7.60. The van der Waals surface area contributed by atoms with Gasteiger partial charge < -0.3 is 4.74 Å². The first-order valence-corrected chi connectivity index (χ1v) is 12.6. The first-order chi connectivity index (χ1) is 16.9. The lowest BCUT2D eigenvalue weighted by atomic mass is 10.2. The van der Waals surface area contributed by atoms with Crippen LogP contribution in [0, 0.1) is 0 Å². The molecule has 12 heteroatoms. The third-order valence-corrected chi connectivity index (χ3v) is 6.10. The van der Waals surface area contributed by atoms with Crippen LogP contribution < -0.4 is 14.5 Å². The Balaban J connectivity index is 1.59. The van der Waals surface area contributed by atoms with Crippen LogP contribution in [-0.4, -0.2) is 33.3 Å². The van der Waals surface area contributed by atoms with E-state index in [1.54, 1.807) is 36.4 Å². The molecule has 0 heterocycles. The van der Waals surface area contributed by atoms with Crippen molar-refractivity contribution < 1.29 is 31.1 Å². The van der Waals surface area contributed by atoms with Gasteiger partial charge in [0.2, 0.25) is 10.0 Å². The molecule has 0 bridgehead atoms. The Labute approximate surface area is 211 Å². The zero-order valence-corrected chi connectivity index (χ0v) is 20.4. The number of carbonyl (C=O) groups is 1. The molecule has 1 N–H and O–H groups in total. The van der Waals surface area contributed by atoms with Gasteiger partial charge in [0.15, 0.2) is 0 Å². The maximum atomic E-state index is 13.0. The monoisotopic (exact) mass is 539 g/mol. The lowest BCUT2D eigenvalue weighted by molar-refractivity contribution is -0.137. The molecule has 7 nitrogen and oxygen atoms in total. The minimum absolute atomic E-state index is 0.292. The van der Waals surface area contributed by atoms with Crippen molar-refractivity contribution in [3.63, 3.8) is 0 Å². The second-order valence-corrected chi connectivity index (χ2v) is 9.94. The second kappa shape index (κ2) is 11.4. The Morgan fingerprint density at radius 3 is 2.42 bits per heavy atom. The van der Waals surface area contributed by atoms with Crippen LogP contribution >= 0.6 is 11.6 Å². The van der Waals surface area contributed by atoms with Gasteiger partial charge in [-0.3, -0.25) is 9.10 Å². The van der Waals surface area contributed by atoms with Crippen LogP contribution in [0.4, 0.5) is 18.9 Å². The van der Waals surface area contributed by atoms with Gasteiger partial charge in [0, 0.05) is 5.02 Å². The van der Waals surface area contributed by atoms with Gasteiger partial charge >= 0.3 is 6.18 Å². The molecule has 0 saturated heterocycles. The van der Waals surface area contributed by atoms with Gasteiger partial charge in [0.25, 0.3) is 5.91 Å². The number of carbonyl (C=O) groups excluding carboxylic acids is 1. The topological polar surface area (TPSA) is 88.1 Å². The fourth-order valence-electron chi connectivity index (χ4n) is 3.03. The number of hydrogen-bond donors (Lipinski definition) is 1. The van der Waals surface area contributed by atoms with Crippen molar-refractivity contribution in [1.29, 1.82) is 0 Å². The van der Waals surface area contributed by atoms with E-state index in [9.17, 15) is 26.4 Å². The van der Waals surface area contributed by atoms with Gasteiger partial charge in [-0.1, -0.05) is 29.8 Å². The Bertz CT molecular complexity index is 1350. The molecule has 0 aliphatic rings. The van der Waals surface area contributed by atoms with Crippen LogP contribution in [0.25, 0.3) is 0 Å². The van der Waals surface area contributed by atoms with Crippen LogP contribution in [0.5, 0.6) is 5.75 Å². The standard InChI is InChI=1S/C24H21ClF3N3O4S/c1-36(33,34)31(21-7-3-5-19(13-21)24(26,27)28)15-23(32)30-29-14-17-8-10-22(11-9-17)35-16-18-4-2-6-20(25)12-18/h2-14H,15-16H2,1H3,(H,30,32)/b29-14-. The summed E-state index contributed by atoms with van der Waals surface area (Å²) >= 11 is 5.95. The van der Waals surface area contributed by atoms with E-state index >= 15 is 0 Å². The van der Waals surface area contributed by atoms with Crippen molar-refractivity contribution in [3.8, 4) is 5.75 Å². The van der Waals surface area contributed by atoms with Gasteiger partial charge in [-0.25, -0.2) is 13.8 Å². The van der Waals surface area contributed by atoms with E-state index in [4.69, 9.17) is 16.3 Å². The van der Waals surface area contributed by atoms with Crippen LogP contribution in [-0.2, 0) is 27.6 Å². The summed E-state index contributed by atoms with van der Waals surface area (Å²) in [5, 5.41) is 4.39. The van der Waals surface area contributed by atoms with Crippen molar-refractivity contribution in [1.82, 2.24) is 5.43 Å². The van der Waals surface area contributed by atoms with E-state index in [0.29, 0.717) is 33.3 Å². The molecule has 0 atom stereocenters. The molecule has 1 amide bonds. The summed E-state index contributed by atoms with van der Waals surface area (Å²) < 4.78 is 69.5. The van der Waals surface area contributed by atoms with Gasteiger partial charge in [-0.15, -0.1) is 0 Å². The van der Waals surface area contributed by atoms with Crippen molar-refractivity contribution in [2.24, 2.45) is 5.10 Å². The molecular formula is C24H21ClF3N3O4S. The van der Waals surface area contributed by atoms with E-state index in [2.05, 4.69) is 10.5 Å². The van der Waals surface area contributed by atoms with Crippen LogP contribution in [0.1, 0.15) is 16.7 Å². The molecule has 0 aliphatic heterocycles. The highest BCUT2D eigenvalue weighted by atomic mass is 35.5. The minimum atomic E-state index is -4.67. The molecule has 3 aromatic carbocycles. The lowest BCUT2D eigenvalue weighted by Crippen LogP contribution is -2.39. The molecule has 0 saturated carbocycles. The Hall–Kier alpha value is -3.57. The predicted octanol–water partition coefficient (Wildman–Crippen LogP) is 4.85. The number of anilines is 1. The first kappa shape index (κ1) is 27.0. The average molecular weight is 540 g/mol. The highest BCUT2D eigenvalue weighted by molar-refractivity contribution is 7.92. The van der Waals surface area contributed by atoms with E-state index in [1.165, 1.54) is 12.3 Å². The van der Waals surface area contributed by atoms with Gasteiger partial charge in [0.05, 0.1) is 23.7 Å². The normalized spacial score (nSPS) is 11.9. The maximum absolute atomic E-state index is 13.0. The summed E-state index contributed by atoms with van der Waals surface area (Å²) in [7, 11) is -4.05. The summed E-state index contributed by atoms with van der Waals surface area (Å²) in [4.78, 5) is 12.3. The van der Waals surface area contributed by atoms with Gasteiger partial charge in [-0.2, -0.15) is 18.3 Å². The minimum Gasteiger partial charge on any atom is -0.489 e. The number of hydrogen-bond acceptors (Lipinski definition) is 5. The van der Waals surface area contributed by atoms with Crippen molar-refractivity contribution in [3.05, 3.63) is 94.5 Å². The van der Waals surface area contributed by atoms with E-state index < -0.39 is 34.2 Å². The van der Waals surface area contributed by atoms with Crippen molar-refractivity contribution in [2.75, 3.05) is 17.1 Å². The fraction of sp³-hybridized carbons (Fsp3) is 0.167. The molecule has 0 aliphatic carbocycles. The number of alkyl halides is 3. The van der Waals surface area contributed by atoms with E-state index in [0.717, 1.165) is 24.0 Å². The molecule has 0 fully saturated rings.